The Morgan fingerprint density at radius 1 is 1.44 bits per heavy atom. The number of pyridine rings is 1. The molecule has 1 fully saturated rings. The van der Waals surface area contributed by atoms with Gasteiger partial charge in [-0.05, 0) is 44.4 Å². The smallest absolute Gasteiger partial charge is 0.137 e. The fourth-order valence-electron chi connectivity index (χ4n) is 2.28. The van der Waals surface area contributed by atoms with Crippen LogP contribution in [0.2, 0.25) is 0 Å². The molecule has 2 aromatic heterocycles. The van der Waals surface area contributed by atoms with Gasteiger partial charge in [0.25, 0.3) is 0 Å². The van der Waals surface area contributed by atoms with Crippen molar-refractivity contribution >= 4 is 5.65 Å². The summed E-state index contributed by atoms with van der Waals surface area (Å²) in [7, 11) is 0. The molecule has 2 heterocycles. The summed E-state index contributed by atoms with van der Waals surface area (Å²) < 4.78 is 2.21. The van der Waals surface area contributed by atoms with Crippen molar-refractivity contribution in [3.05, 3.63) is 35.3 Å². The first-order chi connectivity index (χ1) is 7.79. The van der Waals surface area contributed by atoms with Gasteiger partial charge in [0, 0.05) is 17.8 Å². The summed E-state index contributed by atoms with van der Waals surface area (Å²) in [5.41, 5.74) is 10.5. The molecule has 0 saturated heterocycles. The molecule has 0 aliphatic heterocycles. The van der Waals surface area contributed by atoms with Crippen molar-refractivity contribution in [1.29, 1.82) is 0 Å². The average Bonchev–Trinajstić information content (AvgIpc) is 3.07. The number of hydrogen-bond acceptors (Lipinski definition) is 2. The standard InChI is InChI=1S/C13H17N3/c1-9-13(11-3-4-11)15-12-5-2-10(6-7-14)8-16(9)12/h2,5,8,11H,3-4,6-7,14H2,1H3. The molecule has 0 unspecified atom stereocenters. The lowest BCUT2D eigenvalue weighted by atomic mass is 10.2. The van der Waals surface area contributed by atoms with Gasteiger partial charge in [-0.2, -0.15) is 0 Å². The monoisotopic (exact) mass is 215 g/mol. The Morgan fingerprint density at radius 3 is 2.94 bits per heavy atom. The lowest BCUT2D eigenvalue weighted by molar-refractivity contribution is 0.942. The SMILES string of the molecule is Cc1c(C2CC2)nc2ccc(CCN)cn12. The number of fused-ring (bicyclic) bond motifs is 1. The lowest BCUT2D eigenvalue weighted by Gasteiger charge is -2.01. The normalized spacial score (nSPS) is 15.9. The largest absolute Gasteiger partial charge is 0.330 e. The van der Waals surface area contributed by atoms with Crippen molar-refractivity contribution < 1.29 is 0 Å². The Hall–Kier alpha value is -1.35. The van der Waals surface area contributed by atoms with Crippen LogP contribution in [0.3, 0.4) is 0 Å². The fraction of sp³-hybridized carbons (Fsp3) is 0.462. The van der Waals surface area contributed by atoms with Crippen molar-refractivity contribution in [2.45, 2.75) is 32.1 Å². The van der Waals surface area contributed by atoms with Gasteiger partial charge in [0.15, 0.2) is 0 Å². The highest BCUT2D eigenvalue weighted by atomic mass is 15.0. The number of hydrogen-bond donors (Lipinski definition) is 1. The molecule has 84 valence electrons. The molecule has 1 aliphatic carbocycles. The molecule has 3 rings (SSSR count). The van der Waals surface area contributed by atoms with Gasteiger partial charge < -0.3 is 10.1 Å². The van der Waals surface area contributed by atoms with E-state index in [0.29, 0.717) is 6.54 Å². The minimum atomic E-state index is 0.703. The quantitative estimate of drug-likeness (QED) is 0.851. The van der Waals surface area contributed by atoms with Crippen LogP contribution in [-0.2, 0) is 6.42 Å². The lowest BCUT2D eigenvalue weighted by Crippen LogP contribution is -2.03. The second-order valence-electron chi connectivity index (χ2n) is 4.66. The Kier molecular flexibility index (Phi) is 2.21. The van der Waals surface area contributed by atoms with E-state index >= 15 is 0 Å². The molecule has 3 nitrogen and oxygen atoms in total. The average molecular weight is 215 g/mol. The maximum absolute atomic E-state index is 5.58. The Bertz CT molecular complexity index is 523. The molecule has 1 aliphatic rings. The van der Waals surface area contributed by atoms with E-state index in [2.05, 4.69) is 29.7 Å². The number of nitrogens with zero attached hydrogens (tertiary/aromatic N) is 2. The molecule has 2 N–H and O–H groups in total. The summed E-state index contributed by atoms with van der Waals surface area (Å²) >= 11 is 0. The summed E-state index contributed by atoms with van der Waals surface area (Å²) in [6, 6.07) is 4.23. The number of imidazole rings is 1. The number of aryl methyl sites for hydroxylation is 1. The third kappa shape index (κ3) is 1.52. The van der Waals surface area contributed by atoms with Gasteiger partial charge in [0.2, 0.25) is 0 Å². The number of aromatic nitrogens is 2. The summed E-state index contributed by atoms with van der Waals surface area (Å²) in [6.07, 6.45) is 5.73. The van der Waals surface area contributed by atoms with E-state index in [1.165, 1.54) is 29.8 Å². The van der Waals surface area contributed by atoms with Crippen LogP contribution in [-0.4, -0.2) is 15.9 Å². The van der Waals surface area contributed by atoms with Crippen molar-refractivity contribution in [1.82, 2.24) is 9.38 Å². The zero-order valence-corrected chi connectivity index (χ0v) is 9.61. The van der Waals surface area contributed by atoms with Crippen LogP contribution < -0.4 is 5.73 Å². The van der Waals surface area contributed by atoms with E-state index < -0.39 is 0 Å². The maximum Gasteiger partial charge on any atom is 0.137 e. The molecule has 0 aromatic carbocycles. The minimum Gasteiger partial charge on any atom is -0.330 e. The third-order valence-corrected chi connectivity index (χ3v) is 3.35. The van der Waals surface area contributed by atoms with E-state index in [9.17, 15) is 0 Å². The van der Waals surface area contributed by atoms with Crippen LogP contribution in [0.25, 0.3) is 5.65 Å². The van der Waals surface area contributed by atoms with Crippen LogP contribution >= 0.6 is 0 Å². The molecule has 0 atom stereocenters. The first-order valence-electron chi connectivity index (χ1n) is 5.97. The summed E-state index contributed by atoms with van der Waals surface area (Å²) in [5.74, 6) is 0.720. The van der Waals surface area contributed by atoms with Crippen molar-refractivity contribution in [2.75, 3.05) is 6.54 Å². The van der Waals surface area contributed by atoms with Crippen LogP contribution in [0.1, 0.15) is 35.7 Å². The van der Waals surface area contributed by atoms with Gasteiger partial charge in [-0.25, -0.2) is 4.98 Å². The molecule has 1 saturated carbocycles. The Labute approximate surface area is 95.3 Å². The molecule has 0 amide bonds. The van der Waals surface area contributed by atoms with Gasteiger partial charge in [0.05, 0.1) is 5.69 Å². The van der Waals surface area contributed by atoms with E-state index in [0.717, 1.165) is 18.0 Å². The molecular weight excluding hydrogens is 198 g/mol. The zero-order valence-electron chi connectivity index (χ0n) is 9.61. The predicted molar refractivity (Wildman–Crippen MR) is 64.7 cm³/mol. The molecule has 0 bridgehead atoms. The Morgan fingerprint density at radius 2 is 2.25 bits per heavy atom. The first kappa shape index (κ1) is 9.85. The fourth-order valence-corrected chi connectivity index (χ4v) is 2.28. The minimum absolute atomic E-state index is 0.703. The van der Waals surface area contributed by atoms with E-state index in [1.807, 2.05) is 0 Å². The molecule has 3 heteroatoms. The predicted octanol–water partition coefficient (Wildman–Crippen LogP) is 2.02. The Balaban J connectivity index is 2.11. The van der Waals surface area contributed by atoms with Crippen LogP contribution in [0.5, 0.6) is 0 Å². The summed E-state index contributed by atoms with van der Waals surface area (Å²) in [4.78, 5) is 4.71. The van der Waals surface area contributed by atoms with Crippen molar-refractivity contribution in [3.63, 3.8) is 0 Å². The molecular formula is C13H17N3. The van der Waals surface area contributed by atoms with Gasteiger partial charge in [-0.1, -0.05) is 6.07 Å². The maximum atomic E-state index is 5.58. The van der Waals surface area contributed by atoms with E-state index in [1.54, 1.807) is 0 Å². The molecule has 0 radical (unpaired) electrons. The molecule has 0 spiro atoms. The number of nitrogens with two attached hydrogens (primary N) is 1. The van der Waals surface area contributed by atoms with Gasteiger partial charge >= 0.3 is 0 Å². The van der Waals surface area contributed by atoms with Gasteiger partial charge in [-0.15, -0.1) is 0 Å². The van der Waals surface area contributed by atoms with Gasteiger partial charge in [0.1, 0.15) is 5.65 Å². The third-order valence-electron chi connectivity index (χ3n) is 3.35. The first-order valence-corrected chi connectivity index (χ1v) is 5.97. The van der Waals surface area contributed by atoms with Crippen molar-refractivity contribution in [3.8, 4) is 0 Å². The van der Waals surface area contributed by atoms with E-state index in [4.69, 9.17) is 10.7 Å². The van der Waals surface area contributed by atoms with Crippen LogP contribution in [0.15, 0.2) is 18.3 Å². The second-order valence-corrected chi connectivity index (χ2v) is 4.66. The van der Waals surface area contributed by atoms with E-state index in [-0.39, 0.29) is 0 Å². The van der Waals surface area contributed by atoms with Gasteiger partial charge in [-0.3, -0.25) is 0 Å². The molecule has 2 aromatic rings. The molecule has 16 heavy (non-hydrogen) atoms. The number of rotatable bonds is 3. The highest BCUT2D eigenvalue weighted by molar-refractivity contribution is 5.46. The zero-order chi connectivity index (χ0) is 11.1. The van der Waals surface area contributed by atoms with Crippen molar-refractivity contribution in [2.24, 2.45) is 5.73 Å². The topological polar surface area (TPSA) is 43.3 Å². The van der Waals surface area contributed by atoms with Crippen LogP contribution in [0, 0.1) is 6.92 Å². The summed E-state index contributed by atoms with van der Waals surface area (Å²) in [5, 5.41) is 0. The second kappa shape index (κ2) is 3.59. The highest BCUT2D eigenvalue weighted by Gasteiger charge is 2.28. The summed E-state index contributed by atoms with van der Waals surface area (Å²) in [6.45, 7) is 2.87. The highest BCUT2D eigenvalue weighted by Crippen LogP contribution is 2.41. The van der Waals surface area contributed by atoms with Crippen LogP contribution in [0.4, 0.5) is 0 Å².